The minimum Gasteiger partial charge on any atom is -0.387 e. The standard InChI is InChI=1S/C17H22N2O/c1-13-7-8-14(2)16(10-13)17(20)12-19(3)11-15-6-4-5-9-18-15/h4-10,17,20H,11-12H2,1-3H3. The van der Waals surface area contributed by atoms with E-state index in [2.05, 4.69) is 28.1 Å². The Morgan fingerprint density at radius 3 is 2.70 bits per heavy atom. The number of hydrogen-bond donors (Lipinski definition) is 1. The summed E-state index contributed by atoms with van der Waals surface area (Å²) < 4.78 is 0. The molecule has 1 unspecified atom stereocenters. The van der Waals surface area contributed by atoms with Crippen molar-refractivity contribution in [1.29, 1.82) is 0 Å². The van der Waals surface area contributed by atoms with Gasteiger partial charge in [0.25, 0.3) is 0 Å². The second-order valence-electron chi connectivity index (χ2n) is 5.39. The van der Waals surface area contributed by atoms with Gasteiger partial charge in [-0.2, -0.15) is 0 Å². The quantitative estimate of drug-likeness (QED) is 0.907. The molecule has 0 aliphatic rings. The lowest BCUT2D eigenvalue weighted by Crippen LogP contribution is -2.25. The molecule has 2 rings (SSSR count). The molecule has 20 heavy (non-hydrogen) atoms. The van der Waals surface area contributed by atoms with Gasteiger partial charge >= 0.3 is 0 Å². The van der Waals surface area contributed by atoms with Crippen LogP contribution < -0.4 is 0 Å². The Morgan fingerprint density at radius 2 is 2.00 bits per heavy atom. The Labute approximate surface area is 120 Å². The van der Waals surface area contributed by atoms with Crippen LogP contribution in [0.4, 0.5) is 0 Å². The van der Waals surface area contributed by atoms with E-state index in [-0.39, 0.29) is 0 Å². The largest absolute Gasteiger partial charge is 0.387 e. The van der Waals surface area contributed by atoms with Crippen LogP contribution in [0.5, 0.6) is 0 Å². The summed E-state index contributed by atoms with van der Waals surface area (Å²) >= 11 is 0. The van der Waals surface area contributed by atoms with Crippen molar-refractivity contribution in [3.8, 4) is 0 Å². The summed E-state index contributed by atoms with van der Waals surface area (Å²) in [6, 6.07) is 12.1. The fourth-order valence-corrected chi connectivity index (χ4v) is 2.35. The van der Waals surface area contributed by atoms with Gasteiger partial charge < -0.3 is 5.11 Å². The van der Waals surface area contributed by atoms with Crippen molar-refractivity contribution in [2.24, 2.45) is 0 Å². The lowest BCUT2D eigenvalue weighted by Gasteiger charge is -2.22. The van der Waals surface area contributed by atoms with E-state index in [1.807, 2.05) is 39.1 Å². The van der Waals surface area contributed by atoms with E-state index in [9.17, 15) is 5.11 Å². The number of hydrogen-bond acceptors (Lipinski definition) is 3. The zero-order valence-electron chi connectivity index (χ0n) is 12.4. The maximum Gasteiger partial charge on any atom is 0.0919 e. The van der Waals surface area contributed by atoms with Crippen LogP contribution in [-0.2, 0) is 6.54 Å². The number of aliphatic hydroxyl groups excluding tert-OH is 1. The van der Waals surface area contributed by atoms with Gasteiger partial charge in [-0.15, -0.1) is 0 Å². The number of rotatable bonds is 5. The van der Waals surface area contributed by atoms with Gasteiger partial charge in [0, 0.05) is 19.3 Å². The number of aromatic nitrogens is 1. The smallest absolute Gasteiger partial charge is 0.0919 e. The number of aryl methyl sites for hydroxylation is 2. The van der Waals surface area contributed by atoms with Gasteiger partial charge in [-0.1, -0.05) is 29.8 Å². The molecule has 1 heterocycles. The third-order valence-corrected chi connectivity index (χ3v) is 3.44. The third-order valence-electron chi connectivity index (χ3n) is 3.44. The van der Waals surface area contributed by atoms with Crippen molar-refractivity contribution in [2.75, 3.05) is 13.6 Å². The minimum absolute atomic E-state index is 0.469. The monoisotopic (exact) mass is 270 g/mol. The molecule has 0 aliphatic heterocycles. The normalized spacial score (nSPS) is 12.7. The van der Waals surface area contributed by atoms with Gasteiger partial charge in [0.2, 0.25) is 0 Å². The lowest BCUT2D eigenvalue weighted by molar-refractivity contribution is 0.122. The maximum absolute atomic E-state index is 10.4. The zero-order chi connectivity index (χ0) is 14.5. The van der Waals surface area contributed by atoms with Crippen LogP contribution in [0.3, 0.4) is 0 Å². The van der Waals surface area contributed by atoms with Crippen molar-refractivity contribution >= 4 is 0 Å². The van der Waals surface area contributed by atoms with Crippen LogP contribution in [0.1, 0.15) is 28.5 Å². The molecule has 0 saturated heterocycles. The number of benzene rings is 1. The van der Waals surface area contributed by atoms with Crippen molar-refractivity contribution in [1.82, 2.24) is 9.88 Å². The molecule has 0 spiro atoms. The highest BCUT2D eigenvalue weighted by molar-refractivity contribution is 5.32. The summed E-state index contributed by atoms with van der Waals surface area (Å²) in [7, 11) is 2.00. The molecule has 0 radical (unpaired) electrons. The van der Waals surface area contributed by atoms with E-state index in [0.717, 1.165) is 23.4 Å². The van der Waals surface area contributed by atoms with Crippen LogP contribution in [0.2, 0.25) is 0 Å². The first-order chi connectivity index (χ1) is 9.56. The minimum atomic E-state index is -0.469. The molecule has 3 nitrogen and oxygen atoms in total. The number of aliphatic hydroxyl groups is 1. The molecule has 0 amide bonds. The number of pyridine rings is 1. The van der Waals surface area contributed by atoms with E-state index in [0.29, 0.717) is 6.54 Å². The second kappa shape index (κ2) is 6.64. The summed E-state index contributed by atoms with van der Waals surface area (Å²) in [5.41, 5.74) is 4.34. The summed E-state index contributed by atoms with van der Waals surface area (Å²) in [5, 5.41) is 10.4. The van der Waals surface area contributed by atoms with Gasteiger partial charge in [-0.25, -0.2) is 0 Å². The Bertz CT molecular complexity index is 554. The Morgan fingerprint density at radius 1 is 1.20 bits per heavy atom. The van der Waals surface area contributed by atoms with Crippen LogP contribution in [-0.4, -0.2) is 28.6 Å². The maximum atomic E-state index is 10.4. The summed E-state index contributed by atoms with van der Waals surface area (Å²) in [4.78, 5) is 6.40. The van der Waals surface area contributed by atoms with Crippen LogP contribution >= 0.6 is 0 Å². The summed E-state index contributed by atoms with van der Waals surface area (Å²) in [5.74, 6) is 0. The van der Waals surface area contributed by atoms with Crippen LogP contribution in [0.15, 0.2) is 42.6 Å². The van der Waals surface area contributed by atoms with Crippen molar-refractivity contribution in [2.45, 2.75) is 26.5 Å². The van der Waals surface area contributed by atoms with Crippen LogP contribution in [0, 0.1) is 13.8 Å². The van der Waals surface area contributed by atoms with E-state index in [4.69, 9.17) is 0 Å². The molecule has 1 aromatic heterocycles. The molecular formula is C17H22N2O. The van der Waals surface area contributed by atoms with E-state index >= 15 is 0 Å². The summed E-state index contributed by atoms with van der Waals surface area (Å²) in [6.07, 6.45) is 1.33. The Kier molecular flexibility index (Phi) is 4.88. The van der Waals surface area contributed by atoms with E-state index in [1.165, 1.54) is 5.56 Å². The van der Waals surface area contributed by atoms with Gasteiger partial charge in [0.1, 0.15) is 0 Å². The van der Waals surface area contributed by atoms with Gasteiger partial charge in [0.15, 0.2) is 0 Å². The average molecular weight is 270 g/mol. The first-order valence-corrected chi connectivity index (χ1v) is 6.90. The SMILES string of the molecule is Cc1ccc(C)c(C(O)CN(C)Cc2ccccn2)c1. The zero-order valence-corrected chi connectivity index (χ0v) is 12.4. The molecule has 1 aromatic carbocycles. The second-order valence-corrected chi connectivity index (χ2v) is 5.39. The predicted molar refractivity (Wildman–Crippen MR) is 81.4 cm³/mol. The molecule has 1 N–H and O–H groups in total. The van der Waals surface area contributed by atoms with Gasteiger partial charge in [0.05, 0.1) is 11.8 Å². The number of likely N-dealkylation sites (N-methyl/N-ethyl adjacent to an activating group) is 1. The average Bonchev–Trinajstić information content (AvgIpc) is 2.42. The first kappa shape index (κ1) is 14.7. The topological polar surface area (TPSA) is 36.4 Å². The molecule has 0 fully saturated rings. The molecule has 106 valence electrons. The molecule has 1 atom stereocenters. The highest BCUT2D eigenvalue weighted by Crippen LogP contribution is 2.20. The Hall–Kier alpha value is -1.71. The highest BCUT2D eigenvalue weighted by Gasteiger charge is 2.13. The summed E-state index contributed by atoms with van der Waals surface area (Å²) in [6.45, 7) is 5.42. The number of nitrogens with zero attached hydrogens (tertiary/aromatic N) is 2. The molecule has 0 aliphatic carbocycles. The fraction of sp³-hybridized carbons (Fsp3) is 0.353. The predicted octanol–water partition coefficient (Wildman–Crippen LogP) is 2.86. The molecule has 3 heteroatoms. The van der Waals surface area contributed by atoms with Crippen molar-refractivity contribution < 1.29 is 5.11 Å². The van der Waals surface area contributed by atoms with E-state index in [1.54, 1.807) is 6.20 Å². The van der Waals surface area contributed by atoms with Gasteiger partial charge in [-0.05, 0) is 44.2 Å². The van der Waals surface area contributed by atoms with Crippen molar-refractivity contribution in [3.63, 3.8) is 0 Å². The fourth-order valence-electron chi connectivity index (χ4n) is 2.35. The lowest BCUT2D eigenvalue weighted by atomic mass is 10.0. The van der Waals surface area contributed by atoms with Crippen molar-refractivity contribution in [3.05, 3.63) is 65.0 Å². The first-order valence-electron chi connectivity index (χ1n) is 6.90. The van der Waals surface area contributed by atoms with E-state index < -0.39 is 6.10 Å². The third kappa shape index (κ3) is 3.89. The van der Waals surface area contributed by atoms with Gasteiger partial charge in [-0.3, -0.25) is 9.88 Å². The molecule has 2 aromatic rings. The molecule has 0 saturated carbocycles. The van der Waals surface area contributed by atoms with Crippen LogP contribution in [0.25, 0.3) is 0 Å². The highest BCUT2D eigenvalue weighted by atomic mass is 16.3. The Balaban J connectivity index is 2.00. The molecule has 0 bridgehead atoms. The molecular weight excluding hydrogens is 248 g/mol.